The molecular formula is C23H31Cl2N7O3. The first-order valence-corrected chi connectivity index (χ1v) is 12.1. The number of hydrogen-bond acceptors (Lipinski definition) is 8. The van der Waals surface area contributed by atoms with E-state index in [2.05, 4.69) is 20.6 Å². The maximum Gasteiger partial charge on any atom is 0.276 e. The van der Waals surface area contributed by atoms with E-state index in [1.165, 1.54) is 0 Å². The van der Waals surface area contributed by atoms with Crippen LogP contribution in [0, 0.1) is 5.41 Å². The summed E-state index contributed by atoms with van der Waals surface area (Å²) in [6.07, 6.45) is 1.63. The van der Waals surface area contributed by atoms with Gasteiger partial charge in [-0.15, -0.1) is 0 Å². The summed E-state index contributed by atoms with van der Waals surface area (Å²) < 4.78 is 0. The van der Waals surface area contributed by atoms with Gasteiger partial charge in [-0.1, -0.05) is 29.3 Å². The van der Waals surface area contributed by atoms with Gasteiger partial charge >= 0.3 is 0 Å². The van der Waals surface area contributed by atoms with Gasteiger partial charge in [0.2, 0.25) is 5.95 Å². The Morgan fingerprint density at radius 3 is 2.69 bits per heavy atom. The summed E-state index contributed by atoms with van der Waals surface area (Å²) in [5, 5.41) is 25.0. The normalized spacial score (nSPS) is 15.2. The zero-order chi connectivity index (χ0) is 25.5. The smallest absolute Gasteiger partial charge is 0.276 e. The molecule has 1 atom stereocenters. The topological polar surface area (TPSA) is 137 Å². The third kappa shape index (κ3) is 7.41. The highest BCUT2D eigenvalue weighted by Crippen LogP contribution is 2.23. The summed E-state index contributed by atoms with van der Waals surface area (Å²) in [5.74, 6) is -0.0281. The van der Waals surface area contributed by atoms with Crippen molar-refractivity contribution >= 4 is 47.0 Å². The number of hydrogen-bond donors (Lipinski definition) is 5. The largest absolute Gasteiger partial charge is 0.383 e. The van der Waals surface area contributed by atoms with Crippen molar-refractivity contribution in [2.45, 2.75) is 38.0 Å². The van der Waals surface area contributed by atoms with Gasteiger partial charge in [-0.3, -0.25) is 14.6 Å². The van der Waals surface area contributed by atoms with Crippen LogP contribution in [0.3, 0.4) is 0 Å². The standard InChI is InChI=1S/C23H31Cl2N7O3/c1-31(2)8-7-19(33)22(35)32-9-5-15(6-10-32)28-20-18(12-26)29-23(30-21(20)34)27-13-14-3-4-16(24)17(25)11-14/h3-4,11-12,15,19,26,28,33H,5-10,13H2,1-2H3,(H2,27,29,30,34). The molecule has 12 heteroatoms. The second-order valence-corrected chi connectivity index (χ2v) is 9.59. The molecule has 3 rings (SSSR count). The van der Waals surface area contributed by atoms with Gasteiger partial charge < -0.3 is 30.9 Å². The molecule has 2 heterocycles. The van der Waals surface area contributed by atoms with Gasteiger partial charge in [0.15, 0.2) is 0 Å². The van der Waals surface area contributed by atoms with Crippen molar-refractivity contribution in [2.24, 2.45) is 0 Å². The molecule has 1 aromatic heterocycles. The summed E-state index contributed by atoms with van der Waals surface area (Å²) in [4.78, 5) is 35.9. The zero-order valence-corrected chi connectivity index (χ0v) is 21.3. The third-order valence-electron chi connectivity index (χ3n) is 5.82. The second-order valence-electron chi connectivity index (χ2n) is 8.77. The van der Waals surface area contributed by atoms with E-state index < -0.39 is 11.7 Å². The summed E-state index contributed by atoms with van der Waals surface area (Å²) >= 11 is 12.0. The molecule has 1 aromatic carbocycles. The number of likely N-dealkylation sites (tertiary alicyclic amines) is 1. The van der Waals surface area contributed by atoms with Crippen molar-refractivity contribution in [2.75, 3.05) is 44.4 Å². The Labute approximate surface area is 214 Å². The van der Waals surface area contributed by atoms with Crippen molar-refractivity contribution in [3.63, 3.8) is 0 Å². The van der Waals surface area contributed by atoms with Crippen LogP contribution in [-0.2, 0) is 11.3 Å². The summed E-state index contributed by atoms with van der Waals surface area (Å²) in [6.45, 7) is 1.94. The number of H-pyrrole nitrogens is 1. The Bertz CT molecular complexity index is 1100. The highest BCUT2D eigenvalue weighted by Gasteiger charge is 2.27. The van der Waals surface area contributed by atoms with Gasteiger partial charge in [0.05, 0.1) is 10.0 Å². The molecule has 1 aliphatic heterocycles. The van der Waals surface area contributed by atoms with Crippen molar-refractivity contribution in [1.29, 1.82) is 5.41 Å². The third-order valence-corrected chi connectivity index (χ3v) is 6.56. The molecule has 1 fully saturated rings. The van der Waals surface area contributed by atoms with E-state index in [0.29, 0.717) is 55.5 Å². The first-order valence-electron chi connectivity index (χ1n) is 11.4. The lowest BCUT2D eigenvalue weighted by molar-refractivity contribution is -0.141. The molecule has 1 unspecified atom stereocenters. The number of aliphatic hydroxyl groups is 1. The summed E-state index contributed by atoms with van der Waals surface area (Å²) in [5.41, 5.74) is 0.889. The molecule has 0 spiro atoms. The van der Waals surface area contributed by atoms with Crippen molar-refractivity contribution < 1.29 is 9.90 Å². The fourth-order valence-electron chi connectivity index (χ4n) is 3.82. The highest BCUT2D eigenvalue weighted by molar-refractivity contribution is 6.42. The molecule has 5 N–H and O–H groups in total. The number of rotatable bonds is 10. The number of aromatic amines is 1. The van der Waals surface area contributed by atoms with Crippen LogP contribution in [0.15, 0.2) is 23.0 Å². The number of anilines is 2. The minimum atomic E-state index is -1.01. The lowest BCUT2D eigenvalue weighted by Crippen LogP contribution is -2.47. The van der Waals surface area contributed by atoms with E-state index in [0.717, 1.165) is 11.8 Å². The number of aliphatic hydroxyl groups excluding tert-OH is 1. The van der Waals surface area contributed by atoms with E-state index >= 15 is 0 Å². The SMILES string of the molecule is CN(C)CCC(O)C(=O)N1CCC(Nc2c(C=N)nc(NCc3ccc(Cl)c(Cl)c3)[nH]c2=O)CC1. The second kappa shape index (κ2) is 12.3. The number of halogens is 2. The average molecular weight is 524 g/mol. The minimum Gasteiger partial charge on any atom is -0.383 e. The molecule has 1 aliphatic rings. The van der Waals surface area contributed by atoms with E-state index in [1.807, 2.05) is 25.1 Å². The van der Waals surface area contributed by atoms with Crippen LogP contribution in [0.2, 0.25) is 10.0 Å². The fourth-order valence-corrected chi connectivity index (χ4v) is 4.14. The lowest BCUT2D eigenvalue weighted by Gasteiger charge is -2.34. The number of benzene rings is 1. The molecule has 0 aliphatic carbocycles. The molecule has 1 saturated heterocycles. The molecule has 0 saturated carbocycles. The molecule has 190 valence electrons. The van der Waals surface area contributed by atoms with Crippen LogP contribution >= 0.6 is 23.2 Å². The Balaban J connectivity index is 1.58. The first-order chi connectivity index (χ1) is 16.7. The number of carbonyl (C=O) groups excluding carboxylic acids is 1. The number of nitrogens with zero attached hydrogens (tertiary/aromatic N) is 3. The summed E-state index contributed by atoms with van der Waals surface area (Å²) in [7, 11) is 3.79. The van der Waals surface area contributed by atoms with Gasteiger partial charge in [0.1, 0.15) is 17.5 Å². The number of piperidine rings is 1. The number of aromatic nitrogens is 2. The Morgan fingerprint density at radius 2 is 2.06 bits per heavy atom. The van der Waals surface area contributed by atoms with Crippen molar-refractivity contribution in [1.82, 2.24) is 19.8 Å². The first kappa shape index (κ1) is 26.9. The number of amides is 1. The average Bonchev–Trinajstić information content (AvgIpc) is 2.84. The van der Waals surface area contributed by atoms with Crippen LogP contribution in [0.25, 0.3) is 0 Å². The van der Waals surface area contributed by atoms with Crippen LogP contribution < -0.4 is 16.2 Å². The molecule has 1 amide bonds. The van der Waals surface area contributed by atoms with Crippen LogP contribution in [0.4, 0.5) is 11.6 Å². The predicted octanol–water partition coefficient (Wildman–Crippen LogP) is 2.40. The van der Waals surface area contributed by atoms with Gasteiger partial charge in [0.25, 0.3) is 11.5 Å². The molecule has 10 nitrogen and oxygen atoms in total. The summed E-state index contributed by atoms with van der Waals surface area (Å²) in [6, 6.07) is 5.16. The molecule has 0 radical (unpaired) electrons. The van der Waals surface area contributed by atoms with Crippen molar-refractivity contribution in [3.05, 3.63) is 49.9 Å². The Morgan fingerprint density at radius 1 is 1.34 bits per heavy atom. The quantitative estimate of drug-likeness (QED) is 0.301. The fraction of sp³-hybridized carbons (Fsp3) is 0.478. The predicted molar refractivity (Wildman–Crippen MR) is 139 cm³/mol. The van der Waals surface area contributed by atoms with Crippen molar-refractivity contribution in [3.8, 4) is 0 Å². The van der Waals surface area contributed by atoms with Gasteiger partial charge in [0, 0.05) is 38.4 Å². The van der Waals surface area contributed by atoms with E-state index in [1.54, 1.807) is 17.0 Å². The number of nitrogens with one attached hydrogen (secondary N) is 4. The minimum absolute atomic E-state index is 0.0606. The maximum atomic E-state index is 12.8. The monoisotopic (exact) mass is 523 g/mol. The van der Waals surface area contributed by atoms with Gasteiger partial charge in [-0.2, -0.15) is 0 Å². The molecule has 35 heavy (non-hydrogen) atoms. The number of carbonyl (C=O) groups is 1. The van der Waals surface area contributed by atoms with Gasteiger partial charge in [-0.25, -0.2) is 4.98 Å². The Hall–Kier alpha value is -2.66. The highest BCUT2D eigenvalue weighted by atomic mass is 35.5. The van der Waals surface area contributed by atoms with Crippen LogP contribution in [-0.4, -0.2) is 82.9 Å². The van der Waals surface area contributed by atoms with E-state index in [4.69, 9.17) is 28.6 Å². The lowest BCUT2D eigenvalue weighted by atomic mass is 10.0. The van der Waals surface area contributed by atoms with Crippen LogP contribution in [0.1, 0.15) is 30.5 Å². The molecule has 0 bridgehead atoms. The van der Waals surface area contributed by atoms with Gasteiger partial charge in [-0.05, 0) is 51.1 Å². The molecular weight excluding hydrogens is 493 g/mol. The maximum absolute atomic E-state index is 12.8. The Kier molecular flexibility index (Phi) is 9.50. The van der Waals surface area contributed by atoms with Crippen LogP contribution in [0.5, 0.6) is 0 Å². The van der Waals surface area contributed by atoms with E-state index in [-0.39, 0.29) is 29.3 Å². The van der Waals surface area contributed by atoms with E-state index in [9.17, 15) is 14.7 Å². The zero-order valence-electron chi connectivity index (χ0n) is 19.8. The molecule has 2 aromatic rings.